The van der Waals surface area contributed by atoms with Crippen molar-refractivity contribution in [2.45, 2.75) is 49.4 Å². The predicted molar refractivity (Wildman–Crippen MR) is 169 cm³/mol. The second kappa shape index (κ2) is 10.7. The molecular formula is C37H34N4O3. The van der Waals surface area contributed by atoms with Gasteiger partial charge in [-0.2, -0.15) is 0 Å². The Kier molecular flexibility index (Phi) is 6.47. The van der Waals surface area contributed by atoms with Crippen LogP contribution in [0.5, 0.6) is 11.5 Å². The minimum atomic E-state index is -0.567. The molecular weight excluding hydrogens is 548 g/mol. The molecule has 4 heterocycles. The van der Waals surface area contributed by atoms with Crippen molar-refractivity contribution in [3.63, 3.8) is 0 Å². The fourth-order valence-corrected chi connectivity index (χ4v) is 6.63. The van der Waals surface area contributed by atoms with Crippen LogP contribution in [-0.2, 0) is 4.79 Å². The van der Waals surface area contributed by atoms with E-state index in [9.17, 15) is 0 Å². The summed E-state index contributed by atoms with van der Waals surface area (Å²) in [4.78, 5) is 25.9. The van der Waals surface area contributed by atoms with Crippen molar-refractivity contribution in [2.24, 2.45) is 0 Å². The molecule has 6 aromatic rings. The van der Waals surface area contributed by atoms with Crippen molar-refractivity contribution in [3.05, 3.63) is 131 Å². The number of imidazole rings is 2. The van der Waals surface area contributed by atoms with Crippen LogP contribution in [0.4, 0.5) is 0 Å². The predicted octanol–water partition coefficient (Wildman–Crippen LogP) is 7.29. The average Bonchev–Trinajstić information content (AvgIpc) is 4.02. The van der Waals surface area contributed by atoms with Gasteiger partial charge in [-0.05, 0) is 85.3 Å². The van der Waals surface area contributed by atoms with Crippen LogP contribution in [0.2, 0.25) is 0 Å². The number of methoxy groups -OCH3 is 2. The number of nitrogens with zero attached hydrogens (tertiary/aromatic N) is 4. The highest BCUT2D eigenvalue weighted by molar-refractivity contribution is 5.97. The van der Waals surface area contributed by atoms with E-state index in [2.05, 4.69) is 8.80 Å². The maximum atomic E-state index is 15.7. The van der Waals surface area contributed by atoms with Crippen LogP contribution in [0.3, 0.4) is 0 Å². The third-order valence-electron chi connectivity index (χ3n) is 9.13. The lowest BCUT2D eigenvalue weighted by Gasteiger charge is -2.25. The zero-order chi connectivity index (χ0) is 29.8. The normalized spacial score (nSPS) is 16.2. The van der Waals surface area contributed by atoms with Crippen LogP contribution in [0, 0.1) is 0 Å². The van der Waals surface area contributed by atoms with E-state index in [-0.39, 0.29) is 5.78 Å². The van der Waals surface area contributed by atoms with Gasteiger partial charge in [0.2, 0.25) is 0 Å². The van der Waals surface area contributed by atoms with Gasteiger partial charge in [-0.3, -0.25) is 4.79 Å². The molecule has 4 aromatic heterocycles. The summed E-state index contributed by atoms with van der Waals surface area (Å²) in [5.74, 6) is 1.19. The Bertz CT molecular complexity index is 1840. The van der Waals surface area contributed by atoms with Crippen LogP contribution < -0.4 is 9.47 Å². The SMILES string of the molecule is COc1ccc(C(C(=O)C(c2ccc(OC)cc2)c2c(C3CC3)nc3ccccn23)c2c(C3CC3)nc3ccccn23)cc1. The first kappa shape index (κ1) is 26.7. The highest BCUT2D eigenvalue weighted by Crippen LogP contribution is 2.48. The Hall–Kier alpha value is -4.91. The van der Waals surface area contributed by atoms with Crippen LogP contribution >= 0.6 is 0 Å². The van der Waals surface area contributed by atoms with E-state index in [1.165, 1.54) is 0 Å². The number of rotatable bonds is 10. The smallest absolute Gasteiger partial charge is 0.159 e. The molecule has 2 aromatic carbocycles. The number of carbonyl (C=O) groups excluding carboxylic acids is 1. The van der Waals surface area contributed by atoms with Gasteiger partial charge >= 0.3 is 0 Å². The molecule has 2 unspecified atom stereocenters. The van der Waals surface area contributed by atoms with Crippen molar-refractivity contribution in [1.29, 1.82) is 0 Å². The summed E-state index contributed by atoms with van der Waals surface area (Å²) in [6.45, 7) is 0. The molecule has 0 amide bonds. The van der Waals surface area contributed by atoms with Gasteiger partial charge in [0.05, 0.1) is 48.8 Å². The van der Waals surface area contributed by atoms with Crippen LogP contribution in [0.1, 0.15) is 83.3 Å². The minimum absolute atomic E-state index is 0.0976. The van der Waals surface area contributed by atoms with E-state index >= 15 is 4.79 Å². The number of benzene rings is 2. The molecule has 220 valence electrons. The van der Waals surface area contributed by atoms with Gasteiger partial charge in [0, 0.05) is 24.2 Å². The number of carbonyl (C=O) groups is 1. The van der Waals surface area contributed by atoms with Gasteiger partial charge < -0.3 is 18.3 Å². The van der Waals surface area contributed by atoms with E-state index in [1.54, 1.807) is 14.2 Å². The summed E-state index contributed by atoms with van der Waals surface area (Å²) >= 11 is 0. The lowest BCUT2D eigenvalue weighted by atomic mass is 9.78. The van der Waals surface area contributed by atoms with E-state index in [4.69, 9.17) is 19.4 Å². The van der Waals surface area contributed by atoms with Gasteiger partial charge in [-0.25, -0.2) is 9.97 Å². The number of aromatic nitrogens is 4. The number of hydrogen-bond acceptors (Lipinski definition) is 5. The lowest BCUT2D eigenvalue weighted by Crippen LogP contribution is -2.26. The first-order chi connectivity index (χ1) is 21.6. The van der Waals surface area contributed by atoms with Crippen LogP contribution in [0.25, 0.3) is 11.3 Å². The summed E-state index contributed by atoms with van der Waals surface area (Å²) in [5, 5.41) is 0. The lowest BCUT2D eigenvalue weighted by molar-refractivity contribution is -0.120. The molecule has 0 bridgehead atoms. The fourth-order valence-electron chi connectivity index (χ4n) is 6.63. The fraction of sp³-hybridized carbons (Fsp3) is 0.270. The molecule has 0 saturated heterocycles. The van der Waals surface area contributed by atoms with E-state index in [0.29, 0.717) is 11.8 Å². The van der Waals surface area contributed by atoms with Gasteiger partial charge in [-0.15, -0.1) is 0 Å². The van der Waals surface area contributed by atoms with Gasteiger partial charge in [0.1, 0.15) is 22.8 Å². The van der Waals surface area contributed by atoms with E-state index in [0.717, 1.165) is 82.4 Å². The number of hydrogen-bond donors (Lipinski definition) is 0. The first-order valence-electron chi connectivity index (χ1n) is 15.4. The van der Waals surface area contributed by atoms with Crippen molar-refractivity contribution < 1.29 is 14.3 Å². The van der Waals surface area contributed by atoms with E-state index < -0.39 is 11.8 Å². The second-order valence-corrected chi connectivity index (χ2v) is 12.0. The molecule has 7 nitrogen and oxygen atoms in total. The van der Waals surface area contributed by atoms with Crippen molar-refractivity contribution in [2.75, 3.05) is 14.2 Å². The topological polar surface area (TPSA) is 70.1 Å². The van der Waals surface area contributed by atoms with Crippen molar-refractivity contribution in [1.82, 2.24) is 18.8 Å². The monoisotopic (exact) mass is 582 g/mol. The largest absolute Gasteiger partial charge is 0.497 e. The van der Waals surface area contributed by atoms with Crippen molar-refractivity contribution in [3.8, 4) is 11.5 Å². The van der Waals surface area contributed by atoms with Crippen molar-refractivity contribution >= 4 is 17.1 Å². The minimum Gasteiger partial charge on any atom is -0.497 e. The molecule has 0 aliphatic heterocycles. The second-order valence-electron chi connectivity index (χ2n) is 12.0. The van der Waals surface area contributed by atoms with E-state index in [1.807, 2.05) is 97.3 Å². The molecule has 2 saturated carbocycles. The summed E-state index contributed by atoms with van der Waals surface area (Å²) in [7, 11) is 3.33. The number of ketones is 1. The molecule has 0 spiro atoms. The Morgan fingerprint density at radius 2 is 1.05 bits per heavy atom. The number of pyridine rings is 2. The zero-order valence-corrected chi connectivity index (χ0v) is 24.9. The molecule has 2 atom stereocenters. The Morgan fingerprint density at radius 1 is 0.636 bits per heavy atom. The summed E-state index contributed by atoms with van der Waals surface area (Å²) < 4.78 is 15.3. The number of fused-ring (bicyclic) bond motifs is 2. The molecule has 2 aliphatic rings. The summed E-state index contributed by atoms with van der Waals surface area (Å²) in [6, 6.07) is 28.0. The molecule has 44 heavy (non-hydrogen) atoms. The standard InChI is InChI=1S/C37H34N4O3/c1-43-27-17-13-23(14-18-27)31(35-33(25-9-10-25)38-29-7-3-5-21-40(29)35)37(42)32(24-15-19-28(44-2)20-16-24)36-34(26-11-12-26)39-30-8-4-6-22-41(30)36/h3-8,13-22,25-26,31-32H,9-12H2,1-2H3. The average molecular weight is 583 g/mol. The van der Waals surface area contributed by atoms with Crippen LogP contribution in [0.15, 0.2) is 97.3 Å². The third kappa shape index (κ3) is 4.55. The molecule has 0 N–H and O–H groups in total. The first-order valence-corrected chi connectivity index (χ1v) is 15.4. The molecule has 2 aliphatic carbocycles. The van der Waals surface area contributed by atoms with Gasteiger partial charge in [0.25, 0.3) is 0 Å². The van der Waals surface area contributed by atoms with Crippen LogP contribution in [-0.4, -0.2) is 38.8 Å². The Morgan fingerprint density at radius 3 is 1.41 bits per heavy atom. The number of ether oxygens (including phenoxy) is 2. The Balaban J connectivity index is 1.39. The molecule has 7 heteroatoms. The molecule has 0 radical (unpaired) electrons. The summed E-state index contributed by atoms with van der Waals surface area (Å²) in [5.41, 5.74) is 7.54. The zero-order valence-electron chi connectivity index (χ0n) is 24.9. The maximum Gasteiger partial charge on any atom is 0.159 e. The highest BCUT2D eigenvalue weighted by atomic mass is 16.5. The molecule has 8 rings (SSSR count). The van der Waals surface area contributed by atoms with Gasteiger partial charge in [0.15, 0.2) is 5.78 Å². The summed E-state index contributed by atoms with van der Waals surface area (Å²) in [6.07, 6.45) is 8.42. The third-order valence-corrected chi connectivity index (χ3v) is 9.13. The van der Waals surface area contributed by atoms with Gasteiger partial charge in [-0.1, -0.05) is 36.4 Å². The quantitative estimate of drug-likeness (QED) is 0.170. The Labute approximate surface area is 256 Å². The highest BCUT2D eigenvalue weighted by Gasteiger charge is 2.42. The number of Topliss-reactive ketones (excluding diaryl/α,β-unsaturated/α-hetero) is 1. The maximum absolute atomic E-state index is 15.7. The molecule has 2 fully saturated rings.